The fourth-order valence-corrected chi connectivity index (χ4v) is 9.01. The first-order chi connectivity index (χ1) is 14.0. The highest BCUT2D eigenvalue weighted by molar-refractivity contribution is 5.27. The third-order valence-electron chi connectivity index (χ3n) is 11.1. The molecule has 0 spiro atoms. The number of aliphatic hydroxyl groups is 1. The number of hydrogen-bond donors (Lipinski definition) is 1. The number of fused-ring (bicyclic) bond motifs is 5. The molecule has 1 nitrogen and oxygen atoms in total. The molecule has 4 rings (SSSR count). The normalized spacial score (nSPS) is 45.6. The van der Waals surface area contributed by atoms with Crippen molar-refractivity contribution < 1.29 is 5.11 Å². The molecule has 3 saturated carbocycles. The second kappa shape index (κ2) is 7.79. The quantitative estimate of drug-likeness (QED) is 0.464. The molecule has 170 valence electrons. The highest BCUT2D eigenvalue weighted by Crippen LogP contribution is 2.71. The molecule has 0 aromatic carbocycles. The summed E-state index contributed by atoms with van der Waals surface area (Å²) in [4.78, 5) is 0. The first kappa shape index (κ1) is 22.6. The molecular weight excluding hydrogens is 364 g/mol. The molecule has 0 aromatic rings. The van der Waals surface area contributed by atoms with Crippen LogP contribution in [0, 0.1) is 45.8 Å². The average molecular weight is 413 g/mol. The first-order valence-corrected chi connectivity index (χ1v) is 13.0. The van der Waals surface area contributed by atoms with Gasteiger partial charge in [-0.2, -0.15) is 0 Å². The van der Waals surface area contributed by atoms with E-state index in [1.54, 1.807) is 5.57 Å². The second-order valence-corrected chi connectivity index (χ2v) is 12.9. The summed E-state index contributed by atoms with van der Waals surface area (Å²) < 4.78 is 0. The van der Waals surface area contributed by atoms with E-state index < -0.39 is 0 Å². The van der Waals surface area contributed by atoms with E-state index in [4.69, 9.17) is 0 Å². The summed E-state index contributed by atoms with van der Waals surface area (Å²) in [6.07, 6.45) is 16.7. The molecule has 1 N–H and O–H groups in total. The van der Waals surface area contributed by atoms with E-state index in [0.29, 0.717) is 10.8 Å². The molecule has 3 fully saturated rings. The van der Waals surface area contributed by atoms with Crippen molar-refractivity contribution in [2.24, 2.45) is 45.8 Å². The lowest BCUT2D eigenvalue weighted by atomic mass is 9.44. The molecule has 0 aliphatic heterocycles. The predicted octanol–water partition coefficient (Wildman–Crippen LogP) is 7.94. The zero-order valence-electron chi connectivity index (χ0n) is 20.9. The molecule has 0 heterocycles. The summed E-state index contributed by atoms with van der Waals surface area (Å²) in [5, 5.41) is 10.7. The number of hydrogen-bond acceptors (Lipinski definition) is 1. The molecule has 0 amide bonds. The lowest BCUT2D eigenvalue weighted by molar-refractivity contribution is -0.101. The van der Waals surface area contributed by atoms with Crippen LogP contribution in [0.25, 0.3) is 0 Å². The van der Waals surface area contributed by atoms with Gasteiger partial charge >= 0.3 is 0 Å². The molecule has 8 unspecified atom stereocenters. The molecule has 4 aliphatic rings. The standard InChI is InChI=1S/C29H48O/c1-19(2)9-8-10-20(3)23-16-18-29(7)25-13-12-24-21(11-14-26(30)27(24,4)5)22(25)15-17-28(23,29)6/h9,12,20-23,25-26,30H,8,10-11,13-18H2,1-7H3. The van der Waals surface area contributed by atoms with Crippen molar-refractivity contribution in [1.82, 2.24) is 0 Å². The van der Waals surface area contributed by atoms with Crippen molar-refractivity contribution in [3.05, 3.63) is 23.3 Å². The summed E-state index contributed by atoms with van der Waals surface area (Å²) in [5.41, 5.74) is 4.06. The van der Waals surface area contributed by atoms with Gasteiger partial charge < -0.3 is 5.11 Å². The Labute approximate surface area is 186 Å². The number of aliphatic hydroxyl groups excluding tert-OH is 1. The van der Waals surface area contributed by atoms with Crippen molar-refractivity contribution in [1.29, 1.82) is 0 Å². The minimum Gasteiger partial charge on any atom is -0.392 e. The third kappa shape index (κ3) is 3.28. The van der Waals surface area contributed by atoms with Crippen LogP contribution < -0.4 is 0 Å². The van der Waals surface area contributed by atoms with E-state index in [2.05, 4.69) is 60.6 Å². The highest BCUT2D eigenvalue weighted by Gasteiger charge is 2.63. The van der Waals surface area contributed by atoms with Gasteiger partial charge in [-0.25, -0.2) is 0 Å². The highest BCUT2D eigenvalue weighted by atomic mass is 16.3. The van der Waals surface area contributed by atoms with Crippen molar-refractivity contribution in [2.45, 2.75) is 112 Å². The van der Waals surface area contributed by atoms with Gasteiger partial charge in [-0.3, -0.25) is 0 Å². The lowest BCUT2D eigenvalue weighted by Crippen LogP contribution is -2.54. The van der Waals surface area contributed by atoms with Gasteiger partial charge in [0.25, 0.3) is 0 Å². The minimum absolute atomic E-state index is 0.0206. The van der Waals surface area contributed by atoms with E-state index in [9.17, 15) is 5.11 Å². The lowest BCUT2D eigenvalue weighted by Gasteiger charge is -2.61. The van der Waals surface area contributed by atoms with Gasteiger partial charge in [0.2, 0.25) is 0 Å². The van der Waals surface area contributed by atoms with E-state index >= 15 is 0 Å². The first-order valence-electron chi connectivity index (χ1n) is 13.0. The molecule has 4 aliphatic carbocycles. The Morgan fingerprint density at radius 2 is 1.77 bits per heavy atom. The Bertz CT molecular complexity index is 710. The van der Waals surface area contributed by atoms with Gasteiger partial charge in [0.05, 0.1) is 6.10 Å². The van der Waals surface area contributed by atoms with Crippen LogP contribution in [0.1, 0.15) is 106 Å². The maximum absolute atomic E-state index is 10.7. The van der Waals surface area contributed by atoms with E-state index in [1.165, 1.54) is 56.9 Å². The Balaban J connectivity index is 1.57. The van der Waals surface area contributed by atoms with Crippen LogP contribution in [0.3, 0.4) is 0 Å². The SMILES string of the molecule is CC(C)=CCCC(C)C1CCC2(C)C3CC=C4C(CCC(O)C4(C)C)C3CCC12C. The average Bonchev–Trinajstić information content (AvgIpc) is 2.96. The summed E-state index contributed by atoms with van der Waals surface area (Å²) in [6, 6.07) is 0. The number of rotatable bonds is 4. The molecule has 30 heavy (non-hydrogen) atoms. The molecule has 0 aromatic heterocycles. The Morgan fingerprint density at radius 1 is 1.07 bits per heavy atom. The fourth-order valence-electron chi connectivity index (χ4n) is 9.01. The van der Waals surface area contributed by atoms with Crippen molar-refractivity contribution in [3.63, 3.8) is 0 Å². The van der Waals surface area contributed by atoms with Gasteiger partial charge in [-0.05, 0) is 112 Å². The molecular formula is C29H48O. The fraction of sp³-hybridized carbons (Fsp3) is 0.862. The van der Waals surface area contributed by atoms with Gasteiger partial charge in [-0.15, -0.1) is 0 Å². The number of allylic oxidation sites excluding steroid dienone is 3. The van der Waals surface area contributed by atoms with Gasteiger partial charge in [-0.1, -0.05) is 57.9 Å². The monoisotopic (exact) mass is 412 g/mol. The summed E-state index contributed by atoms with van der Waals surface area (Å²) in [6.45, 7) is 17.0. The molecule has 0 radical (unpaired) electrons. The summed E-state index contributed by atoms with van der Waals surface area (Å²) in [5.74, 6) is 4.17. The maximum Gasteiger partial charge on any atom is 0.0628 e. The van der Waals surface area contributed by atoms with E-state index in [1.807, 2.05) is 0 Å². The smallest absolute Gasteiger partial charge is 0.0628 e. The molecule has 0 saturated heterocycles. The third-order valence-corrected chi connectivity index (χ3v) is 11.1. The topological polar surface area (TPSA) is 20.2 Å². The van der Waals surface area contributed by atoms with Crippen molar-refractivity contribution in [2.75, 3.05) is 0 Å². The zero-order chi connectivity index (χ0) is 21.9. The summed E-state index contributed by atoms with van der Waals surface area (Å²) in [7, 11) is 0. The minimum atomic E-state index is -0.154. The Hall–Kier alpha value is -0.560. The predicted molar refractivity (Wildman–Crippen MR) is 128 cm³/mol. The van der Waals surface area contributed by atoms with Crippen LogP contribution in [-0.2, 0) is 0 Å². The van der Waals surface area contributed by atoms with Gasteiger partial charge in [0.15, 0.2) is 0 Å². The molecule has 0 bridgehead atoms. The van der Waals surface area contributed by atoms with Crippen LogP contribution in [0.15, 0.2) is 23.3 Å². The van der Waals surface area contributed by atoms with Gasteiger partial charge in [0, 0.05) is 5.41 Å². The van der Waals surface area contributed by atoms with Crippen molar-refractivity contribution in [3.8, 4) is 0 Å². The largest absolute Gasteiger partial charge is 0.392 e. The van der Waals surface area contributed by atoms with Crippen LogP contribution in [0.5, 0.6) is 0 Å². The van der Waals surface area contributed by atoms with Crippen molar-refractivity contribution >= 4 is 0 Å². The van der Waals surface area contributed by atoms with Crippen LogP contribution >= 0.6 is 0 Å². The molecule has 1 heteroatoms. The second-order valence-electron chi connectivity index (χ2n) is 12.9. The molecule has 8 atom stereocenters. The zero-order valence-corrected chi connectivity index (χ0v) is 20.9. The van der Waals surface area contributed by atoms with E-state index in [-0.39, 0.29) is 11.5 Å². The van der Waals surface area contributed by atoms with Crippen LogP contribution in [-0.4, -0.2) is 11.2 Å². The van der Waals surface area contributed by atoms with Crippen LogP contribution in [0.2, 0.25) is 0 Å². The summed E-state index contributed by atoms with van der Waals surface area (Å²) >= 11 is 0. The van der Waals surface area contributed by atoms with E-state index in [0.717, 1.165) is 36.0 Å². The van der Waals surface area contributed by atoms with Gasteiger partial charge in [0.1, 0.15) is 0 Å². The Kier molecular flexibility index (Phi) is 5.87. The Morgan fingerprint density at radius 3 is 2.47 bits per heavy atom. The maximum atomic E-state index is 10.7. The van der Waals surface area contributed by atoms with Crippen LogP contribution in [0.4, 0.5) is 0 Å².